The van der Waals surface area contributed by atoms with Crippen molar-refractivity contribution >= 4 is 44.2 Å². The predicted octanol–water partition coefficient (Wildman–Crippen LogP) is 5.40. The van der Waals surface area contributed by atoms with E-state index in [1.807, 2.05) is 32.9 Å². The molecule has 6 nitrogen and oxygen atoms in total. The lowest BCUT2D eigenvalue weighted by Crippen LogP contribution is -2.13. The molecule has 28 heavy (non-hydrogen) atoms. The third-order valence-electron chi connectivity index (χ3n) is 3.76. The van der Waals surface area contributed by atoms with Crippen LogP contribution in [0.3, 0.4) is 0 Å². The number of hydrogen-bond acceptors (Lipinski definition) is 6. The van der Waals surface area contributed by atoms with Gasteiger partial charge in [-0.25, -0.2) is 4.98 Å². The molecular formula is C20H21ClN2O4S. The zero-order chi connectivity index (χ0) is 20.1. The standard InChI is InChI=1S/C20H21ClN2O4S/c1-4-25-14-10-12(11-15(26-5-2)18(14)27-6-3)19(24)23-20-22-17-13(21)8-7-9-16(17)28-20/h7-11H,4-6H2,1-3H3,(H,22,23,24). The Labute approximate surface area is 172 Å². The van der Waals surface area contributed by atoms with E-state index in [9.17, 15) is 4.79 Å². The Morgan fingerprint density at radius 1 is 1.07 bits per heavy atom. The quantitative estimate of drug-likeness (QED) is 0.528. The van der Waals surface area contributed by atoms with Crippen LogP contribution in [0.2, 0.25) is 5.02 Å². The van der Waals surface area contributed by atoms with Crippen LogP contribution in [-0.2, 0) is 0 Å². The highest BCUT2D eigenvalue weighted by Crippen LogP contribution is 2.39. The van der Waals surface area contributed by atoms with Crippen molar-refractivity contribution < 1.29 is 19.0 Å². The van der Waals surface area contributed by atoms with Crippen LogP contribution in [0.5, 0.6) is 17.2 Å². The van der Waals surface area contributed by atoms with Gasteiger partial charge in [-0.2, -0.15) is 0 Å². The summed E-state index contributed by atoms with van der Waals surface area (Å²) in [6.07, 6.45) is 0. The number of aromatic nitrogens is 1. The van der Waals surface area contributed by atoms with Crippen molar-refractivity contribution in [3.8, 4) is 17.2 Å². The molecule has 0 aliphatic heterocycles. The van der Waals surface area contributed by atoms with Gasteiger partial charge in [0.2, 0.25) is 5.75 Å². The van der Waals surface area contributed by atoms with Gasteiger partial charge in [-0.1, -0.05) is 29.0 Å². The molecule has 1 amide bonds. The Balaban J connectivity index is 1.93. The number of rotatable bonds is 8. The van der Waals surface area contributed by atoms with Crippen LogP contribution in [0.15, 0.2) is 30.3 Å². The number of ether oxygens (including phenoxy) is 3. The molecule has 1 N–H and O–H groups in total. The topological polar surface area (TPSA) is 69.7 Å². The number of benzene rings is 2. The third-order valence-corrected chi connectivity index (χ3v) is 5.00. The SMILES string of the molecule is CCOc1cc(C(=O)Nc2nc3c(Cl)cccc3s2)cc(OCC)c1OCC. The minimum atomic E-state index is -0.319. The van der Waals surface area contributed by atoms with E-state index >= 15 is 0 Å². The predicted molar refractivity (Wildman–Crippen MR) is 113 cm³/mol. The average molecular weight is 421 g/mol. The summed E-state index contributed by atoms with van der Waals surface area (Å²) in [7, 11) is 0. The summed E-state index contributed by atoms with van der Waals surface area (Å²) in [5.74, 6) is 1.11. The summed E-state index contributed by atoms with van der Waals surface area (Å²) >= 11 is 7.53. The van der Waals surface area contributed by atoms with Crippen molar-refractivity contribution in [3.63, 3.8) is 0 Å². The van der Waals surface area contributed by atoms with Gasteiger partial charge in [0, 0.05) is 5.56 Å². The average Bonchev–Trinajstić information content (AvgIpc) is 3.08. The molecule has 1 aromatic heterocycles. The van der Waals surface area contributed by atoms with E-state index in [1.165, 1.54) is 11.3 Å². The van der Waals surface area contributed by atoms with Crippen LogP contribution in [-0.4, -0.2) is 30.7 Å². The fourth-order valence-electron chi connectivity index (χ4n) is 2.66. The maximum absolute atomic E-state index is 12.8. The molecule has 0 aliphatic rings. The Morgan fingerprint density at radius 2 is 1.71 bits per heavy atom. The van der Waals surface area contributed by atoms with Crippen molar-refractivity contribution in [2.75, 3.05) is 25.1 Å². The highest BCUT2D eigenvalue weighted by molar-refractivity contribution is 7.22. The molecule has 0 atom stereocenters. The minimum Gasteiger partial charge on any atom is -0.490 e. The zero-order valence-corrected chi connectivity index (χ0v) is 17.4. The molecule has 0 fully saturated rings. The van der Waals surface area contributed by atoms with Gasteiger partial charge in [-0.3, -0.25) is 10.1 Å². The van der Waals surface area contributed by atoms with Gasteiger partial charge in [0.15, 0.2) is 16.6 Å². The van der Waals surface area contributed by atoms with Crippen molar-refractivity contribution in [3.05, 3.63) is 40.9 Å². The van der Waals surface area contributed by atoms with Gasteiger partial charge >= 0.3 is 0 Å². The number of fused-ring (bicyclic) bond motifs is 1. The number of halogens is 1. The maximum Gasteiger partial charge on any atom is 0.257 e. The molecule has 0 aliphatic carbocycles. The Hall–Kier alpha value is -2.51. The second-order valence-corrected chi connectivity index (χ2v) is 7.10. The summed E-state index contributed by atoms with van der Waals surface area (Å²) in [4.78, 5) is 17.2. The van der Waals surface area contributed by atoms with E-state index in [0.717, 1.165) is 4.70 Å². The fourth-order valence-corrected chi connectivity index (χ4v) is 3.82. The molecule has 3 rings (SSSR count). The smallest absolute Gasteiger partial charge is 0.257 e. The van der Waals surface area contributed by atoms with Crippen molar-refractivity contribution in [1.29, 1.82) is 0 Å². The van der Waals surface area contributed by atoms with Gasteiger partial charge in [0.05, 0.1) is 29.5 Å². The number of nitrogens with one attached hydrogen (secondary N) is 1. The van der Waals surface area contributed by atoms with Crippen LogP contribution < -0.4 is 19.5 Å². The van der Waals surface area contributed by atoms with E-state index in [0.29, 0.717) is 58.3 Å². The second-order valence-electron chi connectivity index (χ2n) is 5.66. The number of para-hydroxylation sites is 1. The van der Waals surface area contributed by atoms with E-state index in [4.69, 9.17) is 25.8 Å². The van der Waals surface area contributed by atoms with Crippen LogP contribution >= 0.6 is 22.9 Å². The minimum absolute atomic E-state index is 0.319. The number of hydrogen-bond donors (Lipinski definition) is 1. The summed E-state index contributed by atoms with van der Waals surface area (Å²) in [6, 6.07) is 8.82. The molecule has 0 radical (unpaired) electrons. The number of carbonyl (C=O) groups excluding carboxylic acids is 1. The lowest BCUT2D eigenvalue weighted by atomic mass is 10.1. The van der Waals surface area contributed by atoms with E-state index in [2.05, 4.69) is 10.3 Å². The molecule has 0 spiro atoms. The normalized spacial score (nSPS) is 10.7. The lowest BCUT2D eigenvalue weighted by Gasteiger charge is -2.16. The number of amides is 1. The summed E-state index contributed by atoms with van der Waals surface area (Å²) < 4.78 is 17.9. The van der Waals surface area contributed by atoms with Gasteiger partial charge in [0.1, 0.15) is 5.52 Å². The van der Waals surface area contributed by atoms with Crippen molar-refractivity contribution in [1.82, 2.24) is 4.98 Å². The summed E-state index contributed by atoms with van der Waals surface area (Å²) in [5.41, 5.74) is 1.06. The monoisotopic (exact) mass is 420 g/mol. The molecule has 0 saturated carbocycles. The first-order valence-corrected chi connectivity index (χ1v) is 10.2. The van der Waals surface area contributed by atoms with Crippen LogP contribution in [0, 0.1) is 0 Å². The molecular weight excluding hydrogens is 400 g/mol. The summed E-state index contributed by atoms with van der Waals surface area (Å²) in [5, 5.41) is 3.84. The number of anilines is 1. The zero-order valence-electron chi connectivity index (χ0n) is 15.9. The number of nitrogens with zero attached hydrogens (tertiary/aromatic N) is 1. The fraction of sp³-hybridized carbons (Fsp3) is 0.300. The van der Waals surface area contributed by atoms with Gasteiger partial charge in [-0.15, -0.1) is 0 Å². The molecule has 2 aromatic carbocycles. The lowest BCUT2D eigenvalue weighted by molar-refractivity contribution is 0.102. The Kier molecular flexibility index (Phi) is 6.59. The molecule has 3 aromatic rings. The van der Waals surface area contributed by atoms with Crippen LogP contribution in [0.25, 0.3) is 10.2 Å². The Morgan fingerprint density at radius 3 is 2.29 bits per heavy atom. The molecule has 0 unspecified atom stereocenters. The molecule has 148 valence electrons. The molecule has 8 heteroatoms. The van der Waals surface area contributed by atoms with Crippen molar-refractivity contribution in [2.24, 2.45) is 0 Å². The first-order chi connectivity index (χ1) is 13.6. The first kappa shape index (κ1) is 20.2. The highest BCUT2D eigenvalue weighted by Gasteiger charge is 2.19. The molecule has 0 saturated heterocycles. The van der Waals surface area contributed by atoms with Gasteiger partial charge in [0.25, 0.3) is 5.91 Å². The maximum atomic E-state index is 12.8. The molecule has 0 bridgehead atoms. The second kappa shape index (κ2) is 9.12. The van der Waals surface area contributed by atoms with E-state index < -0.39 is 0 Å². The molecule has 1 heterocycles. The number of thiazole rings is 1. The van der Waals surface area contributed by atoms with Gasteiger partial charge < -0.3 is 14.2 Å². The first-order valence-electron chi connectivity index (χ1n) is 9.00. The Bertz CT molecular complexity index is 962. The van der Waals surface area contributed by atoms with E-state index in [1.54, 1.807) is 18.2 Å². The third kappa shape index (κ3) is 4.31. The van der Waals surface area contributed by atoms with E-state index in [-0.39, 0.29) is 5.91 Å². The summed E-state index contributed by atoms with van der Waals surface area (Å²) in [6.45, 7) is 6.95. The number of carbonyl (C=O) groups is 1. The van der Waals surface area contributed by atoms with Crippen LogP contribution in [0.1, 0.15) is 31.1 Å². The highest BCUT2D eigenvalue weighted by atomic mass is 35.5. The van der Waals surface area contributed by atoms with Crippen LogP contribution in [0.4, 0.5) is 5.13 Å². The van der Waals surface area contributed by atoms with Gasteiger partial charge in [-0.05, 0) is 45.0 Å². The van der Waals surface area contributed by atoms with Crippen molar-refractivity contribution in [2.45, 2.75) is 20.8 Å². The largest absolute Gasteiger partial charge is 0.490 e.